The Bertz CT molecular complexity index is 494. The number of ether oxygens (including phenoxy) is 1. The van der Waals surface area contributed by atoms with Gasteiger partial charge in [-0.3, -0.25) is 4.68 Å². The van der Waals surface area contributed by atoms with Gasteiger partial charge in [-0.25, -0.2) is 9.97 Å². The molecule has 2 N–H and O–H groups in total. The standard InChI is InChI=1S/C11H15N5O/c1-8(2)17-10-5-14-16(7-10)6-9-3-4-13-11(12)15-9/h3-5,7-8H,6H2,1-2H3,(H2,12,13,15). The molecule has 0 aromatic carbocycles. The summed E-state index contributed by atoms with van der Waals surface area (Å²) in [5, 5.41) is 4.18. The van der Waals surface area contributed by atoms with Gasteiger partial charge in [0.05, 0.1) is 30.7 Å². The summed E-state index contributed by atoms with van der Waals surface area (Å²) in [4.78, 5) is 7.94. The Balaban J connectivity index is 2.06. The molecule has 6 nitrogen and oxygen atoms in total. The molecule has 0 aliphatic heterocycles. The van der Waals surface area contributed by atoms with Crippen molar-refractivity contribution in [3.63, 3.8) is 0 Å². The molecule has 90 valence electrons. The summed E-state index contributed by atoms with van der Waals surface area (Å²) >= 11 is 0. The Kier molecular flexibility index (Phi) is 3.22. The van der Waals surface area contributed by atoms with E-state index in [9.17, 15) is 0 Å². The van der Waals surface area contributed by atoms with Crippen LogP contribution in [0, 0.1) is 0 Å². The molecule has 0 radical (unpaired) electrons. The van der Waals surface area contributed by atoms with Crippen molar-refractivity contribution in [2.75, 3.05) is 5.73 Å². The van der Waals surface area contributed by atoms with Crippen LogP contribution in [0.15, 0.2) is 24.7 Å². The first-order valence-corrected chi connectivity index (χ1v) is 5.40. The maximum absolute atomic E-state index is 5.52. The second kappa shape index (κ2) is 4.82. The van der Waals surface area contributed by atoms with Crippen LogP contribution in [0.25, 0.3) is 0 Å². The molecule has 0 aliphatic carbocycles. The van der Waals surface area contributed by atoms with E-state index in [1.807, 2.05) is 20.0 Å². The second-order valence-electron chi connectivity index (χ2n) is 3.95. The van der Waals surface area contributed by atoms with Crippen LogP contribution in [0.3, 0.4) is 0 Å². The van der Waals surface area contributed by atoms with Crippen LogP contribution < -0.4 is 10.5 Å². The number of aromatic nitrogens is 4. The molecular weight excluding hydrogens is 218 g/mol. The van der Waals surface area contributed by atoms with Gasteiger partial charge in [0.2, 0.25) is 5.95 Å². The zero-order valence-corrected chi connectivity index (χ0v) is 9.87. The third-order valence-electron chi connectivity index (χ3n) is 2.04. The van der Waals surface area contributed by atoms with Gasteiger partial charge in [-0.05, 0) is 19.9 Å². The number of rotatable bonds is 4. The molecule has 17 heavy (non-hydrogen) atoms. The predicted octanol–water partition coefficient (Wildman–Crippen LogP) is 1.09. The van der Waals surface area contributed by atoms with Gasteiger partial charge in [0.25, 0.3) is 0 Å². The first kappa shape index (κ1) is 11.4. The van der Waals surface area contributed by atoms with E-state index in [1.165, 1.54) is 0 Å². The van der Waals surface area contributed by atoms with E-state index in [1.54, 1.807) is 23.1 Å². The Morgan fingerprint density at radius 3 is 3.00 bits per heavy atom. The lowest BCUT2D eigenvalue weighted by atomic mass is 10.4. The maximum atomic E-state index is 5.52. The number of nitrogens with zero attached hydrogens (tertiary/aromatic N) is 4. The SMILES string of the molecule is CC(C)Oc1cnn(Cc2ccnc(N)n2)c1. The van der Waals surface area contributed by atoms with Gasteiger partial charge in [0.15, 0.2) is 5.75 Å². The van der Waals surface area contributed by atoms with E-state index in [4.69, 9.17) is 10.5 Å². The molecule has 0 aliphatic rings. The average Bonchev–Trinajstić information content (AvgIpc) is 2.64. The van der Waals surface area contributed by atoms with Crippen LogP contribution in [-0.2, 0) is 6.54 Å². The van der Waals surface area contributed by atoms with E-state index in [0.717, 1.165) is 11.4 Å². The van der Waals surface area contributed by atoms with E-state index >= 15 is 0 Å². The van der Waals surface area contributed by atoms with Gasteiger partial charge in [0, 0.05) is 6.20 Å². The Morgan fingerprint density at radius 2 is 2.29 bits per heavy atom. The molecule has 0 atom stereocenters. The molecule has 0 saturated carbocycles. The van der Waals surface area contributed by atoms with E-state index in [-0.39, 0.29) is 12.1 Å². The monoisotopic (exact) mass is 233 g/mol. The maximum Gasteiger partial charge on any atom is 0.220 e. The number of nitrogen functional groups attached to an aromatic ring is 1. The zero-order valence-electron chi connectivity index (χ0n) is 9.87. The van der Waals surface area contributed by atoms with Crippen molar-refractivity contribution in [1.29, 1.82) is 0 Å². The van der Waals surface area contributed by atoms with Crippen molar-refractivity contribution in [3.8, 4) is 5.75 Å². The third-order valence-corrected chi connectivity index (χ3v) is 2.04. The largest absolute Gasteiger partial charge is 0.488 e. The fraction of sp³-hybridized carbons (Fsp3) is 0.364. The third kappa shape index (κ3) is 3.17. The zero-order chi connectivity index (χ0) is 12.3. The topological polar surface area (TPSA) is 78.8 Å². The first-order valence-electron chi connectivity index (χ1n) is 5.40. The molecule has 2 rings (SSSR count). The second-order valence-corrected chi connectivity index (χ2v) is 3.95. The van der Waals surface area contributed by atoms with Crippen LogP contribution >= 0.6 is 0 Å². The highest BCUT2D eigenvalue weighted by molar-refractivity contribution is 5.18. The molecule has 0 bridgehead atoms. The van der Waals surface area contributed by atoms with Gasteiger partial charge in [-0.1, -0.05) is 0 Å². The van der Waals surface area contributed by atoms with Crippen molar-refractivity contribution >= 4 is 5.95 Å². The summed E-state index contributed by atoms with van der Waals surface area (Å²) in [6.45, 7) is 4.50. The van der Waals surface area contributed by atoms with Crippen molar-refractivity contribution in [1.82, 2.24) is 19.7 Å². The minimum atomic E-state index is 0.141. The van der Waals surface area contributed by atoms with Gasteiger partial charge < -0.3 is 10.5 Å². The number of nitrogens with two attached hydrogens (primary N) is 1. The summed E-state index contributed by atoms with van der Waals surface area (Å²) in [5.74, 6) is 1.02. The highest BCUT2D eigenvalue weighted by Crippen LogP contribution is 2.11. The quantitative estimate of drug-likeness (QED) is 0.855. The van der Waals surface area contributed by atoms with Crippen LogP contribution in [0.1, 0.15) is 19.5 Å². The predicted molar refractivity (Wildman–Crippen MR) is 63.5 cm³/mol. The number of hydrogen-bond donors (Lipinski definition) is 1. The average molecular weight is 233 g/mol. The minimum Gasteiger partial charge on any atom is -0.488 e. The molecule has 0 unspecified atom stereocenters. The van der Waals surface area contributed by atoms with Crippen LogP contribution in [0.2, 0.25) is 0 Å². The Hall–Kier alpha value is -2.11. The van der Waals surface area contributed by atoms with Gasteiger partial charge in [-0.15, -0.1) is 0 Å². The van der Waals surface area contributed by atoms with Crippen molar-refractivity contribution in [3.05, 3.63) is 30.4 Å². The van der Waals surface area contributed by atoms with E-state index in [2.05, 4.69) is 15.1 Å². The van der Waals surface area contributed by atoms with E-state index < -0.39 is 0 Å². The smallest absolute Gasteiger partial charge is 0.220 e. The summed E-state index contributed by atoms with van der Waals surface area (Å²) < 4.78 is 7.26. The molecule has 0 saturated heterocycles. The fourth-order valence-electron chi connectivity index (χ4n) is 1.43. The lowest BCUT2D eigenvalue weighted by Gasteiger charge is -2.05. The van der Waals surface area contributed by atoms with E-state index in [0.29, 0.717) is 6.54 Å². The number of hydrogen-bond acceptors (Lipinski definition) is 5. The fourth-order valence-corrected chi connectivity index (χ4v) is 1.43. The number of anilines is 1. The summed E-state index contributed by atoms with van der Waals surface area (Å²) in [7, 11) is 0. The minimum absolute atomic E-state index is 0.141. The summed E-state index contributed by atoms with van der Waals surface area (Å²) in [6.07, 6.45) is 5.29. The highest BCUT2D eigenvalue weighted by Gasteiger charge is 2.03. The van der Waals surface area contributed by atoms with Crippen LogP contribution in [0.5, 0.6) is 5.75 Å². The first-order chi connectivity index (χ1) is 8.13. The summed E-state index contributed by atoms with van der Waals surface area (Å²) in [6, 6.07) is 1.81. The van der Waals surface area contributed by atoms with Gasteiger partial charge in [-0.2, -0.15) is 5.10 Å². The normalized spacial score (nSPS) is 10.8. The molecule has 6 heteroatoms. The molecule has 0 spiro atoms. The highest BCUT2D eigenvalue weighted by atomic mass is 16.5. The van der Waals surface area contributed by atoms with Gasteiger partial charge in [0.1, 0.15) is 0 Å². The van der Waals surface area contributed by atoms with Gasteiger partial charge >= 0.3 is 0 Å². The molecule has 2 aromatic rings. The van der Waals surface area contributed by atoms with Crippen molar-refractivity contribution < 1.29 is 4.74 Å². The lowest BCUT2D eigenvalue weighted by Crippen LogP contribution is -2.06. The molecule has 2 aromatic heterocycles. The lowest BCUT2D eigenvalue weighted by molar-refractivity contribution is 0.242. The Labute approximate surface area is 99.4 Å². The summed E-state index contributed by atoms with van der Waals surface area (Å²) in [5.41, 5.74) is 6.32. The molecule has 2 heterocycles. The van der Waals surface area contributed by atoms with Crippen molar-refractivity contribution in [2.24, 2.45) is 0 Å². The van der Waals surface area contributed by atoms with Crippen LogP contribution in [0.4, 0.5) is 5.95 Å². The molecule has 0 amide bonds. The van der Waals surface area contributed by atoms with Crippen LogP contribution in [-0.4, -0.2) is 25.9 Å². The molecular formula is C11H15N5O. The Morgan fingerprint density at radius 1 is 1.47 bits per heavy atom. The molecule has 0 fully saturated rings. The van der Waals surface area contributed by atoms with Crippen molar-refractivity contribution in [2.45, 2.75) is 26.5 Å².